The van der Waals surface area contributed by atoms with Crippen LogP contribution in [0.25, 0.3) is 50.4 Å². The summed E-state index contributed by atoms with van der Waals surface area (Å²) in [5.74, 6) is 0.237. The van der Waals surface area contributed by atoms with E-state index >= 15 is 0 Å². The summed E-state index contributed by atoms with van der Waals surface area (Å²) in [5, 5.41) is 7.54. The summed E-state index contributed by atoms with van der Waals surface area (Å²) in [7, 11) is 4.05. The van der Waals surface area contributed by atoms with Crippen LogP contribution in [0.5, 0.6) is 0 Å². The molecular formula is C28H26FN7. The number of nitrogens with zero attached hydrogens (tertiary/aromatic N) is 5. The second kappa shape index (κ2) is 9.67. The molecule has 4 aromatic heterocycles. The molecular weight excluding hydrogens is 453 g/mol. The van der Waals surface area contributed by atoms with Gasteiger partial charge in [-0.25, -0.2) is 19.3 Å². The summed E-state index contributed by atoms with van der Waals surface area (Å²) < 4.78 is 13.9. The molecule has 0 radical (unpaired) electrons. The number of H-pyrrole nitrogens is 2. The molecule has 180 valence electrons. The molecule has 4 heterocycles. The minimum absolute atomic E-state index is 0.300. The first kappa shape index (κ1) is 23.3. The molecule has 0 saturated carbocycles. The van der Waals surface area contributed by atoms with Gasteiger partial charge in [0.25, 0.3) is 0 Å². The summed E-state index contributed by atoms with van der Waals surface area (Å²) in [6.45, 7) is 6.72. The first-order valence-electron chi connectivity index (χ1n) is 11.6. The first-order chi connectivity index (χ1) is 17.5. The maximum absolute atomic E-state index is 13.9. The number of aromatic nitrogens is 6. The zero-order valence-corrected chi connectivity index (χ0v) is 20.4. The smallest absolute Gasteiger partial charge is 0.178 e. The summed E-state index contributed by atoms with van der Waals surface area (Å²) in [5.41, 5.74) is 7.76. The van der Waals surface area contributed by atoms with Gasteiger partial charge < -0.3 is 9.88 Å². The molecule has 5 aromatic rings. The van der Waals surface area contributed by atoms with E-state index in [1.807, 2.05) is 57.4 Å². The van der Waals surface area contributed by atoms with E-state index in [0.29, 0.717) is 28.2 Å². The fourth-order valence-corrected chi connectivity index (χ4v) is 4.18. The normalized spacial score (nSPS) is 12.7. The topological polar surface area (TPSA) is 86.4 Å². The van der Waals surface area contributed by atoms with Gasteiger partial charge in [-0.1, -0.05) is 30.9 Å². The molecule has 1 aromatic carbocycles. The van der Waals surface area contributed by atoms with Crippen LogP contribution in [-0.2, 0) is 0 Å². The van der Waals surface area contributed by atoms with E-state index in [2.05, 4.69) is 42.7 Å². The van der Waals surface area contributed by atoms with Crippen LogP contribution in [0.2, 0.25) is 0 Å². The largest absolute Gasteiger partial charge is 0.335 e. The highest BCUT2D eigenvalue weighted by molar-refractivity contribution is 5.95. The fourth-order valence-electron chi connectivity index (χ4n) is 4.18. The number of aromatic amines is 2. The molecule has 5 rings (SSSR count). The molecule has 36 heavy (non-hydrogen) atoms. The molecule has 8 heteroatoms. The number of likely N-dealkylation sites (N-methyl/N-ethyl adjacent to an activating group) is 1. The maximum atomic E-state index is 13.9. The Hall–Kier alpha value is -4.43. The van der Waals surface area contributed by atoms with Gasteiger partial charge in [0, 0.05) is 18.3 Å². The Morgan fingerprint density at radius 1 is 1.14 bits per heavy atom. The van der Waals surface area contributed by atoms with Gasteiger partial charge in [0.2, 0.25) is 0 Å². The highest BCUT2D eigenvalue weighted by Crippen LogP contribution is 2.31. The van der Waals surface area contributed by atoms with Crippen molar-refractivity contribution in [1.29, 1.82) is 0 Å². The van der Waals surface area contributed by atoms with Crippen molar-refractivity contribution in [3.05, 3.63) is 90.6 Å². The maximum Gasteiger partial charge on any atom is 0.178 e. The van der Waals surface area contributed by atoms with Gasteiger partial charge in [-0.05, 0) is 74.1 Å². The van der Waals surface area contributed by atoms with E-state index in [-0.39, 0.29) is 5.82 Å². The lowest BCUT2D eigenvalue weighted by atomic mass is 10.1. The molecule has 0 fully saturated rings. The van der Waals surface area contributed by atoms with E-state index in [0.717, 1.165) is 40.0 Å². The average Bonchev–Trinajstić information content (AvgIpc) is 3.49. The van der Waals surface area contributed by atoms with Crippen molar-refractivity contribution in [2.24, 2.45) is 0 Å². The minimum atomic E-state index is -0.300. The molecule has 0 aliphatic carbocycles. The molecule has 0 bridgehead atoms. The molecule has 0 saturated heterocycles. The highest BCUT2D eigenvalue weighted by Gasteiger charge is 2.17. The summed E-state index contributed by atoms with van der Waals surface area (Å²) in [4.78, 5) is 19.4. The number of rotatable bonds is 7. The number of fused-ring (bicyclic) bond motifs is 2. The molecule has 0 aliphatic rings. The number of pyridine rings is 2. The van der Waals surface area contributed by atoms with Gasteiger partial charge in [-0.2, -0.15) is 5.10 Å². The monoisotopic (exact) mass is 479 g/mol. The Kier molecular flexibility index (Phi) is 6.26. The van der Waals surface area contributed by atoms with Crippen molar-refractivity contribution in [1.82, 2.24) is 35.0 Å². The molecule has 0 spiro atoms. The van der Waals surface area contributed by atoms with Crippen molar-refractivity contribution in [2.45, 2.75) is 6.92 Å². The Morgan fingerprint density at radius 3 is 2.75 bits per heavy atom. The van der Waals surface area contributed by atoms with Gasteiger partial charge >= 0.3 is 0 Å². The van der Waals surface area contributed by atoms with Crippen LogP contribution in [0.4, 0.5) is 4.39 Å². The van der Waals surface area contributed by atoms with Crippen LogP contribution in [0.1, 0.15) is 12.6 Å². The van der Waals surface area contributed by atoms with Crippen LogP contribution in [-0.4, -0.2) is 55.7 Å². The van der Waals surface area contributed by atoms with Gasteiger partial charge in [0.1, 0.15) is 11.3 Å². The third kappa shape index (κ3) is 4.46. The summed E-state index contributed by atoms with van der Waals surface area (Å²) in [6.07, 6.45) is 7.66. The molecule has 0 atom stereocenters. The van der Waals surface area contributed by atoms with Crippen molar-refractivity contribution >= 4 is 27.8 Å². The lowest BCUT2D eigenvalue weighted by Gasteiger charge is -2.11. The SMILES string of the molecule is C=C/C(=C\C(=C/C)c1ccc2[nH]nc(-c3nc4nccc(-c5cccc(F)c5)c4[nH]3)c2n1)CN(C)C. The second-order valence-electron chi connectivity index (χ2n) is 8.72. The van der Waals surface area contributed by atoms with Crippen LogP contribution < -0.4 is 0 Å². The lowest BCUT2D eigenvalue weighted by Crippen LogP contribution is -2.14. The predicted molar refractivity (Wildman–Crippen MR) is 143 cm³/mol. The van der Waals surface area contributed by atoms with Crippen molar-refractivity contribution < 1.29 is 4.39 Å². The number of allylic oxidation sites excluding steroid dienone is 3. The molecule has 2 N–H and O–H groups in total. The van der Waals surface area contributed by atoms with Gasteiger partial charge in [0.05, 0.1) is 16.7 Å². The Labute approximate surface area is 208 Å². The zero-order chi connectivity index (χ0) is 25.2. The average molecular weight is 480 g/mol. The minimum Gasteiger partial charge on any atom is -0.335 e. The standard InChI is InChI=1S/C28H26FN7/c1-5-17(16-36(3)4)14-18(6-2)22-10-11-23-25(31-22)26(35-34-23)28-32-24-21(12-13-30-27(24)33-28)19-8-7-9-20(29)15-19/h5-15H,1,16H2,2-4H3,(H,34,35)(H,30,32,33)/b17-14+,18-6+. The molecule has 0 unspecified atom stereocenters. The van der Waals surface area contributed by atoms with Crippen molar-refractivity contribution in [2.75, 3.05) is 20.6 Å². The molecule has 7 nitrogen and oxygen atoms in total. The van der Waals surface area contributed by atoms with Gasteiger partial charge in [-0.15, -0.1) is 0 Å². The third-order valence-electron chi connectivity index (χ3n) is 5.87. The van der Waals surface area contributed by atoms with Crippen LogP contribution >= 0.6 is 0 Å². The number of hydrogen-bond acceptors (Lipinski definition) is 5. The van der Waals surface area contributed by atoms with Gasteiger partial charge in [0.15, 0.2) is 17.2 Å². The van der Waals surface area contributed by atoms with E-state index < -0.39 is 0 Å². The van der Waals surface area contributed by atoms with E-state index in [1.54, 1.807) is 12.3 Å². The van der Waals surface area contributed by atoms with Crippen LogP contribution in [0, 0.1) is 5.82 Å². The summed E-state index contributed by atoms with van der Waals surface area (Å²) >= 11 is 0. The number of benzene rings is 1. The van der Waals surface area contributed by atoms with E-state index in [9.17, 15) is 4.39 Å². The summed E-state index contributed by atoms with van der Waals surface area (Å²) in [6, 6.07) is 12.2. The Balaban J connectivity index is 1.59. The first-order valence-corrected chi connectivity index (χ1v) is 11.6. The quantitative estimate of drug-likeness (QED) is 0.289. The van der Waals surface area contributed by atoms with Crippen LogP contribution in [0.15, 0.2) is 79.0 Å². The molecule has 0 aliphatic heterocycles. The number of hydrogen-bond donors (Lipinski definition) is 2. The zero-order valence-electron chi connectivity index (χ0n) is 20.4. The number of imidazole rings is 1. The van der Waals surface area contributed by atoms with E-state index in [1.165, 1.54) is 12.1 Å². The Morgan fingerprint density at radius 2 is 2.00 bits per heavy atom. The van der Waals surface area contributed by atoms with Crippen LogP contribution in [0.3, 0.4) is 0 Å². The lowest BCUT2D eigenvalue weighted by molar-refractivity contribution is 0.449. The Bertz CT molecular complexity index is 1640. The van der Waals surface area contributed by atoms with Crippen molar-refractivity contribution in [3.8, 4) is 22.6 Å². The van der Waals surface area contributed by atoms with E-state index in [4.69, 9.17) is 4.98 Å². The highest BCUT2D eigenvalue weighted by atomic mass is 19.1. The third-order valence-corrected chi connectivity index (χ3v) is 5.87. The fraction of sp³-hybridized carbons (Fsp3) is 0.143. The van der Waals surface area contributed by atoms with Crippen molar-refractivity contribution in [3.63, 3.8) is 0 Å². The second-order valence-corrected chi connectivity index (χ2v) is 8.72. The number of halogens is 1. The van der Waals surface area contributed by atoms with Gasteiger partial charge in [-0.3, -0.25) is 5.10 Å². The predicted octanol–water partition coefficient (Wildman–Crippen LogP) is 5.78. The number of nitrogens with one attached hydrogen (secondary N) is 2. The molecule has 0 amide bonds.